The first-order valence-electron chi connectivity index (χ1n) is 10.5. The van der Waals surface area contributed by atoms with Crippen molar-refractivity contribution in [1.82, 2.24) is 4.98 Å². The van der Waals surface area contributed by atoms with Crippen molar-refractivity contribution in [3.63, 3.8) is 0 Å². The first kappa shape index (κ1) is 24.7. The number of nitrogens with zero attached hydrogens (tertiary/aromatic N) is 2. The molecule has 0 radical (unpaired) electrons. The predicted molar refractivity (Wildman–Crippen MR) is 124 cm³/mol. The lowest BCUT2D eigenvalue weighted by molar-refractivity contribution is 0.0697. The fraction of sp³-hybridized carbons (Fsp3) is 0.478. The van der Waals surface area contributed by atoms with E-state index in [1.807, 2.05) is 18.7 Å². The first-order chi connectivity index (χ1) is 14.4. The third-order valence-electron chi connectivity index (χ3n) is 4.68. The minimum atomic E-state index is -3.87. The summed E-state index contributed by atoms with van der Waals surface area (Å²) in [5, 5.41) is 9.76. The van der Waals surface area contributed by atoms with Crippen LogP contribution in [0.5, 0.6) is 0 Å². The highest BCUT2D eigenvalue weighted by Gasteiger charge is 2.22. The lowest BCUT2D eigenvalue weighted by Gasteiger charge is -2.28. The van der Waals surface area contributed by atoms with Crippen molar-refractivity contribution in [3.8, 4) is 0 Å². The Kier molecular flexibility index (Phi) is 8.06. The molecule has 1 aromatic heterocycles. The Morgan fingerprint density at radius 1 is 1.03 bits per heavy atom. The van der Waals surface area contributed by atoms with E-state index in [4.69, 9.17) is 0 Å². The van der Waals surface area contributed by atoms with Crippen LogP contribution in [0.25, 0.3) is 0 Å². The highest BCUT2D eigenvalue weighted by Crippen LogP contribution is 2.25. The Balaban J connectivity index is 2.38. The van der Waals surface area contributed by atoms with Crippen molar-refractivity contribution in [2.24, 2.45) is 11.8 Å². The van der Waals surface area contributed by atoms with Gasteiger partial charge in [0.25, 0.3) is 10.0 Å². The van der Waals surface area contributed by atoms with Crippen LogP contribution in [0.4, 0.5) is 11.5 Å². The van der Waals surface area contributed by atoms with E-state index in [1.54, 1.807) is 24.3 Å². The Morgan fingerprint density at radius 3 is 2.03 bits per heavy atom. The Morgan fingerprint density at radius 2 is 1.58 bits per heavy atom. The van der Waals surface area contributed by atoms with E-state index in [0.29, 0.717) is 36.7 Å². The van der Waals surface area contributed by atoms with Crippen LogP contribution in [0.15, 0.2) is 41.4 Å². The van der Waals surface area contributed by atoms with Gasteiger partial charge in [-0.15, -0.1) is 0 Å². The van der Waals surface area contributed by atoms with Crippen molar-refractivity contribution in [2.75, 3.05) is 22.7 Å². The Bertz CT molecular complexity index is 990. The summed E-state index contributed by atoms with van der Waals surface area (Å²) in [6, 6.07) is 7.98. The first-order valence-corrected chi connectivity index (χ1v) is 12.0. The van der Waals surface area contributed by atoms with Crippen LogP contribution in [-0.2, 0) is 10.0 Å². The minimum absolute atomic E-state index is 0.0309. The summed E-state index contributed by atoms with van der Waals surface area (Å²) < 4.78 is 28.0. The molecule has 8 heteroatoms. The number of rotatable bonds is 10. The molecule has 0 fully saturated rings. The summed E-state index contributed by atoms with van der Waals surface area (Å²) in [6.45, 7) is 13.6. The third kappa shape index (κ3) is 6.69. The number of carboxylic acid groups (broad SMARTS) is 1. The Hall–Kier alpha value is -2.61. The van der Waals surface area contributed by atoms with Gasteiger partial charge in [0, 0.05) is 13.1 Å². The van der Waals surface area contributed by atoms with Crippen molar-refractivity contribution < 1.29 is 18.3 Å². The minimum Gasteiger partial charge on any atom is -0.478 e. The number of benzene rings is 1. The van der Waals surface area contributed by atoms with E-state index in [9.17, 15) is 18.3 Å². The van der Waals surface area contributed by atoms with Crippen LogP contribution in [0, 0.1) is 11.8 Å². The van der Waals surface area contributed by atoms with Gasteiger partial charge in [-0.2, -0.15) is 0 Å². The van der Waals surface area contributed by atoms with Crippen LogP contribution >= 0.6 is 0 Å². The molecule has 1 aromatic carbocycles. The molecule has 31 heavy (non-hydrogen) atoms. The van der Waals surface area contributed by atoms with Crippen LogP contribution in [-0.4, -0.2) is 37.6 Å². The topological polar surface area (TPSA) is 99.6 Å². The van der Waals surface area contributed by atoms with Gasteiger partial charge in [-0.3, -0.25) is 4.72 Å². The van der Waals surface area contributed by atoms with Crippen molar-refractivity contribution in [2.45, 2.75) is 52.4 Å². The molecule has 0 aliphatic heterocycles. The maximum atomic E-state index is 12.8. The molecular formula is C23H33N3O4S. The highest BCUT2D eigenvalue weighted by molar-refractivity contribution is 7.92. The maximum Gasteiger partial charge on any atom is 0.339 e. The fourth-order valence-electron chi connectivity index (χ4n) is 3.30. The molecule has 0 spiro atoms. The molecule has 1 heterocycles. The van der Waals surface area contributed by atoms with Gasteiger partial charge in [-0.25, -0.2) is 18.2 Å². The molecule has 0 aliphatic carbocycles. The number of pyridine rings is 1. The third-order valence-corrected chi connectivity index (χ3v) is 6.07. The van der Waals surface area contributed by atoms with E-state index in [-0.39, 0.29) is 16.1 Å². The molecule has 0 amide bonds. The molecule has 0 atom stereocenters. The Labute approximate surface area is 185 Å². The molecule has 0 bridgehead atoms. The van der Waals surface area contributed by atoms with E-state index < -0.39 is 16.0 Å². The summed E-state index contributed by atoms with van der Waals surface area (Å²) in [5.74, 6) is 0.115. The van der Waals surface area contributed by atoms with Crippen LogP contribution in [0.2, 0.25) is 0 Å². The van der Waals surface area contributed by atoms with E-state index in [1.165, 1.54) is 12.3 Å². The number of nitrogens with one attached hydrogen (secondary N) is 1. The number of aromatic nitrogens is 1. The van der Waals surface area contributed by atoms with Crippen molar-refractivity contribution in [3.05, 3.63) is 47.7 Å². The van der Waals surface area contributed by atoms with Gasteiger partial charge < -0.3 is 10.0 Å². The van der Waals surface area contributed by atoms with E-state index in [2.05, 4.69) is 37.4 Å². The molecule has 2 aromatic rings. The largest absolute Gasteiger partial charge is 0.478 e. The number of carboxylic acids is 1. The van der Waals surface area contributed by atoms with Gasteiger partial charge in [-0.05, 0) is 41.5 Å². The van der Waals surface area contributed by atoms with Crippen molar-refractivity contribution in [1.29, 1.82) is 0 Å². The number of hydrogen-bond donors (Lipinski definition) is 2. The summed E-state index contributed by atoms with van der Waals surface area (Å²) >= 11 is 0. The normalized spacial score (nSPS) is 11.9. The smallest absolute Gasteiger partial charge is 0.339 e. The lowest BCUT2D eigenvalue weighted by Crippen LogP contribution is -2.33. The lowest BCUT2D eigenvalue weighted by atomic mass is 10.0. The zero-order valence-electron chi connectivity index (χ0n) is 19.1. The van der Waals surface area contributed by atoms with Crippen LogP contribution in [0.3, 0.4) is 0 Å². The summed E-state index contributed by atoms with van der Waals surface area (Å²) in [6.07, 6.45) is 1.37. The molecule has 2 rings (SSSR count). The molecule has 0 saturated carbocycles. The average molecular weight is 448 g/mol. The second-order valence-electron chi connectivity index (χ2n) is 8.92. The quantitative estimate of drug-likeness (QED) is 0.541. The zero-order valence-corrected chi connectivity index (χ0v) is 19.9. The molecule has 7 nitrogen and oxygen atoms in total. The summed E-state index contributed by atoms with van der Waals surface area (Å²) in [7, 11) is -3.87. The summed E-state index contributed by atoms with van der Waals surface area (Å²) in [4.78, 5) is 18.3. The van der Waals surface area contributed by atoms with E-state index >= 15 is 0 Å². The molecular weight excluding hydrogens is 414 g/mol. The number of hydrogen-bond acceptors (Lipinski definition) is 5. The number of anilines is 2. The van der Waals surface area contributed by atoms with Gasteiger partial charge in [0.05, 0.1) is 16.8 Å². The van der Waals surface area contributed by atoms with Gasteiger partial charge in [0.1, 0.15) is 11.4 Å². The van der Waals surface area contributed by atoms with Gasteiger partial charge >= 0.3 is 5.97 Å². The van der Waals surface area contributed by atoms with E-state index in [0.717, 1.165) is 5.56 Å². The number of sulfonamides is 1. The standard InChI is InChI=1S/C23H33N3O4S/c1-15(2)13-26(14-16(3)4)22-21(23(27)28)11-19(12-24-22)25-31(29,30)20-9-7-18(8-10-20)17(5)6/h7-12,15-17,25H,13-14H2,1-6H3,(H,27,28). The molecule has 170 valence electrons. The SMILES string of the molecule is CC(C)CN(CC(C)C)c1ncc(NS(=O)(=O)c2ccc(C(C)C)cc2)cc1C(=O)O. The monoisotopic (exact) mass is 447 g/mol. The van der Waals surface area contributed by atoms with Gasteiger partial charge in [0.2, 0.25) is 0 Å². The van der Waals surface area contributed by atoms with Crippen LogP contribution in [0.1, 0.15) is 63.4 Å². The molecule has 0 aliphatic rings. The summed E-state index contributed by atoms with van der Waals surface area (Å²) in [5.41, 5.74) is 1.12. The second kappa shape index (κ2) is 10.1. The second-order valence-corrected chi connectivity index (χ2v) is 10.6. The zero-order chi connectivity index (χ0) is 23.3. The van der Waals surface area contributed by atoms with Gasteiger partial charge in [-0.1, -0.05) is 53.7 Å². The highest BCUT2D eigenvalue weighted by atomic mass is 32.2. The predicted octanol–water partition coefficient (Wildman–Crippen LogP) is 4.82. The number of carbonyl (C=O) groups is 1. The fourth-order valence-corrected chi connectivity index (χ4v) is 4.33. The number of aromatic carboxylic acids is 1. The molecule has 2 N–H and O–H groups in total. The van der Waals surface area contributed by atoms with Gasteiger partial charge in [0.15, 0.2) is 0 Å². The average Bonchev–Trinajstić information content (AvgIpc) is 2.66. The van der Waals surface area contributed by atoms with Crippen LogP contribution < -0.4 is 9.62 Å². The maximum absolute atomic E-state index is 12.8. The molecule has 0 unspecified atom stereocenters. The molecule has 0 saturated heterocycles. The van der Waals surface area contributed by atoms with Crippen molar-refractivity contribution >= 4 is 27.5 Å².